The Morgan fingerprint density at radius 3 is 2.33 bits per heavy atom. The largest absolute Gasteiger partial charge is 0.321 e. The fourth-order valence-corrected chi connectivity index (χ4v) is 2.41. The Morgan fingerprint density at radius 2 is 1.80 bits per heavy atom. The van der Waals surface area contributed by atoms with Crippen LogP contribution in [-0.2, 0) is 12.0 Å². The quantitative estimate of drug-likeness (QED) is 0.721. The molecule has 0 bridgehead atoms. The van der Waals surface area contributed by atoms with Gasteiger partial charge in [0.1, 0.15) is 0 Å². The third-order valence-corrected chi connectivity index (χ3v) is 3.99. The van der Waals surface area contributed by atoms with Crippen LogP contribution in [0, 0.1) is 12.3 Å². The first-order valence-corrected chi connectivity index (χ1v) is 5.24. The van der Waals surface area contributed by atoms with Gasteiger partial charge in [-0.3, -0.25) is 0 Å². The fourth-order valence-electron chi connectivity index (χ4n) is 2.41. The molecule has 0 aliphatic heterocycles. The van der Waals surface area contributed by atoms with Gasteiger partial charge in [0.2, 0.25) is 0 Å². The van der Waals surface area contributed by atoms with E-state index in [9.17, 15) is 0 Å². The van der Waals surface area contributed by atoms with Crippen LogP contribution in [0.4, 0.5) is 0 Å². The van der Waals surface area contributed by atoms with Gasteiger partial charge in [-0.25, -0.2) is 0 Å². The number of aryl methyl sites for hydroxylation is 1. The van der Waals surface area contributed by atoms with Gasteiger partial charge in [-0.2, -0.15) is 0 Å². The normalized spacial score (nSPS) is 27.0. The number of nitrogens with two attached hydrogens (primary N) is 1. The smallest absolute Gasteiger partial charge is 0.0438 e. The monoisotopic (exact) mass is 225 g/mol. The zero-order chi connectivity index (χ0) is 10.6. The van der Waals surface area contributed by atoms with Crippen molar-refractivity contribution in [3.8, 4) is 0 Å². The van der Waals surface area contributed by atoms with Crippen LogP contribution in [0.3, 0.4) is 0 Å². The number of benzene rings is 1. The van der Waals surface area contributed by atoms with E-state index in [2.05, 4.69) is 45.9 Å². The summed E-state index contributed by atoms with van der Waals surface area (Å²) in [5.74, 6) is 0. The summed E-state index contributed by atoms with van der Waals surface area (Å²) in [6.45, 7) is 8.84. The molecule has 0 saturated carbocycles. The van der Waals surface area contributed by atoms with Crippen LogP contribution in [0.5, 0.6) is 0 Å². The van der Waals surface area contributed by atoms with Crippen molar-refractivity contribution < 1.29 is 0 Å². The highest BCUT2D eigenvalue weighted by atomic mass is 35.5. The summed E-state index contributed by atoms with van der Waals surface area (Å²) in [5.41, 5.74) is 10.6. The summed E-state index contributed by atoms with van der Waals surface area (Å²) < 4.78 is 0. The lowest BCUT2D eigenvalue weighted by Gasteiger charge is -2.35. The molecule has 2 rings (SSSR count). The summed E-state index contributed by atoms with van der Waals surface area (Å²) in [7, 11) is 0. The SMILES string of the molecule is Cc1cccc2c1CC(C)(C)C2(C)N.Cl. The van der Waals surface area contributed by atoms with Gasteiger partial charge >= 0.3 is 0 Å². The van der Waals surface area contributed by atoms with Crippen LogP contribution in [0.15, 0.2) is 18.2 Å². The molecule has 1 aromatic rings. The van der Waals surface area contributed by atoms with Gasteiger partial charge in [0.25, 0.3) is 0 Å². The zero-order valence-electron chi connectivity index (χ0n) is 9.92. The van der Waals surface area contributed by atoms with Crippen molar-refractivity contribution in [3.63, 3.8) is 0 Å². The van der Waals surface area contributed by atoms with Crippen molar-refractivity contribution >= 4 is 12.4 Å². The minimum atomic E-state index is -0.186. The summed E-state index contributed by atoms with van der Waals surface area (Å²) in [4.78, 5) is 0. The predicted octanol–water partition coefficient (Wildman–Crippen LogP) is 3.17. The summed E-state index contributed by atoms with van der Waals surface area (Å²) in [5, 5.41) is 0. The van der Waals surface area contributed by atoms with Crippen LogP contribution in [-0.4, -0.2) is 0 Å². The number of fused-ring (bicyclic) bond motifs is 1. The number of rotatable bonds is 0. The predicted molar refractivity (Wildman–Crippen MR) is 67.5 cm³/mol. The Labute approximate surface area is 98.5 Å². The van der Waals surface area contributed by atoms with Gasteiger partial charge in [-0.15, -0.1) is 12.4 Å². The lowest BCUT2D eigenvalue weighted by molar-refractivity contribution is 0.211. The van der Waals surface area contributed by atoms with E-state index >= 15 is 0 Å². The molecule has 0 heterocycles. The molecule has 2 N–H and O–H groups in total. The average Bonchev–Trinajstić information content (AvgIpc) is 2.24. The molecular weight excluding hydrogens is 206 g/mol. The first-order chi connectivity index (χ1) is 6.36. The fraction of sp³-hybridized carbons (Fsp3) is 0.538. The Kier molecular flexibility index (Phi) is 2.92. The second-order valence-corrected chi connectivity index (χ2v) is 5.36. The molecule has 1 aromatic carbocycles. The van der Waals surface area contributed by atoms with Crippen LogP contribution in [0.1, 0.15) is 37.5 Å². The van der Waals surface area contributed by atoms with Crippen LogP contribution in [0.2, 0.25) is 0 Å². The molecule has 0 amide bonds. The van der Waals surface area contributed by atoms with E-state index in [1.807, 2.05) is 0 Å². The Hall–Kier alpha value is -0.530. The molecule has 1 aliphatic rings. The summed E-state index contributed by atoms with van der Waals surface area (Å²) >= 11 is 0. The second kappa shape index (κ2) is 3.50. The molecule has 84 valence electrons. The third kappa shape index (κ3) is 1.58. The van der Waals surface area contributed by atoms with Crippen molar-refractivity contribution in [1.29, 1.82) is 0 Å². The molecule has 1 atom stereocenters. The minimum absolute atomic E-state index is 0. The molecule has 15 heavy (non-hydrogen) atoms. The van der Waals surface area contributed by atoms with Gasteiger partial charge in [-0.05, 0) is 42.4 Å². The third-order valence-electron chi connectivity index (χ3n) is 3.99. The minimum Gasteiger partial charge on any atom is -0.321 e. The Bertz CT molecular complexity index is 380. The molecule has 1 nitrogen and oxygen atoms in total. The van der Waals surface area contributed by atoms with Crippen LogP contribution < -0.4 is 5.73 Å². The van der Waals surface area contributed by atoms with E-state index in [-0.39, 0.29) is 23.4 Å². The molecule has 0 spiro atoms. The van der Waals surface area contributed by atoms with Crippen molar-refractivity contribution in [1.82, 2.24) is 0 Å². The highest BCUT2D eigenvalue weighted by molar-refractivity contribution is 5.85. The Morgan fingerprint density at radius 1 is 1.20 bits per heavy atom. The van der Waals surface area contributed by atoms with Gasteiger partial charge in [0, 0.05) is 5.54 Å². The highest BCUT2D eigenvalue weighted by Crippen LogP contribution is 2.48. The summed E-state index contributed by atoms with van der Waals surface area (Å²) in [6, 6.07) is 6.47. The number of hydrogen-bond acceptors (Lipinski definition) is 1. The van der Waals surface area contributed by atoms with Crippen molar-refractivity contribution in [3.05, 3.63) is 34.9 Å². The lowest BCUT2D eigenvalue weighted by Crippen LogP contribution is -2.43. The first-order valence-electron chi connectivity index (χ1n) is 5.24. The average molecular weight is 226 g/mol. The lowest BCUT2D eigenvalue weighted by atomic mass is 9.75. The van der Waals surface area contributed by atoms with Gasteiger partial charge < -0.3 is 5.73 Å². The zero-order valence-corrected chi connectivity index (χ0v) is 10.7. The molecule has 0 radical (unpaired) electrons. The van der Waals surface area contributed by atoms with E-state index in [1.165, 1.54) is 16.7 Å². The van der Waals surface area contributed by atoms with Crippen LogP contribution in [0.25, 0.3) is 0 Å². The molecular formula is C13H20ClN. The maximum Gasteiger partial charge on any atom is 0.0438 e. The molecule has 0 saturated heterocycles. The van der Waals surface area contributed by atoms with E-state index in [4.69, 9.17) is 5.73 Å². The second-order valence-electron chi connectivity index (χ2n) is 5.36. The Balaban J connectivity index is 0.00000112. The van der Waals surface area contributed by atoms with Crippen molar-refractivity contribution in [2.75, 3.05) is 0 Å². The number of hydrogen-bond donors (Lipinski definition) is 1. The number of halogens is 1. The first kappa shape index (κ1) is 12.5. The molecule has 0 aromatic heterocycles. The van der Waals surface area contributed by atoms with E-state index < -0.39 is 0 Å². The molecule has 1 aliphatic carbocycles. The molecule has 1 unspecified atom stereocenters. The van der Waals surface area contributed by atoms with E-state index in [0.717, 1.165) is 6.42 Å². The van der Waals surface area contributed by atoms with E-state index in [1.54, 1.807) is 0 Å². The van der Waals surface area contributed by atoms with Crippen LogP contribution >= 0.6 is 12.4 Å². The van der Waals surface area contributed by atoms with Crippen molar-refractivity contribution in [2.24, 2.45) is 11.1 Å². The van der Waals surface area contributed by atoms with Gasteiger partial charge in [0.15, 0.2) is 0 Å². The topological polar surface area (TPSA) is 26.0 Å². The highest BCUT2D eigenvalue weighted by Gasteiger charge is 2.46. The van der Waals surface area contributed by atoms with Gasteiger partial charge in [-0.1, -0.05) is 32.0 Å². The van der Waals surface area contributed by atoms with Crippen molar-refractivity contribution in [2.45, 2.75) is 39.7 Å². The maximum absolute atomic E-state index is 6.44. The molecule has 0 fully saturated rings. The standard InChI is InChI=1S/C13H19N.ClH/c1-9-6-5-7-11-10(9)8-12(2,3)13(11,4)14;/h5-7H,8,14H2,1-4H3;1H. The van der Waals surface area contributed by atoms with Gasteiger partial charge in [0.05, 0.1) is 0 Å². The van der Waals surface area contributed by atoms with E-state index in [0.29, 0.717) is 0 Å². The maximum atomic E-state index is 6.44. The summed E-state index contributed by atoms with van der Waals surface area (Å²) in [6.07, 6.45) is 1.10. The molecule has 2 heteroatoms.